The van der Waals surface area contributed by atoms with Crippen LogP contribution in [0.1, 0.15) is 20.8 Å². The van der Waals surface area contributed by atoms with Crippen LogP contribution in [0.15, 0.2) is 75.8 Å². The van der Waals surface area contributed by atoms with Crippen LogP contribution in [0.25, 0.3) is 10.9 Å². The first-order chi connectivity index (χ1) is 20.2. The number of carbonyl (C=O) groups excluding carboxylic acids is 1. The maximum Gasteiger partial charge on any atom is 0.416 e. The first kappa shape index (κ1) is 28.8. The van der Waals surface area contributed by atoms with E-state index in [4.69, 9.17) is 4.74 Å². The van der Waals surface area contributed by atoms with E-state index in [-0.39, 0.29) is 40.8 Å². The molecule has 1 amide bonds. The number of hydrogen-bond donors (Lipinski definition) is 4. The van der Waals surface area contributed by atoms with Crippen LogP contribution in [0.2, 0.25) is 0 Å². The Bertz CT molecular complexity index is 1820. The van der Waals surface area contributed by atoms with E-state index in [2.05, 4.69) is 26.3 Å². The van der Waals surface area contributed by atoms with E-state index in [0.717, 1.165) is 39.9 Å². The number of benzene rings is 2. The Hall–Kier alpha value is -4.75. The first-order valence-electron chi connectivity index (χ1n) is 12.7. The standard InChI is InChI=1S/C29H24F3N5O4S/c1-41-10-9-34-23-24(26(39)25(23)38)36-18-12-17(29(30,31)32)13-19(14-18)37-28(40)27-22(7-11-42-27)35-15-16-6-8-33-21-5-3-2-4-20(16)21/h2-8,11-14,34-36H,9-10,15H2,1H3,(H,37,40). The highest BCUT2D eigenvalue weighted by atomic mass is 32.1. The van der Waals surface area contributed by atoms with Gasteiger partial charge in [-0.3, -0.25) is 19.4 Å². The van der Waals surface area contributed by atoms with Crippen molar-refractivity contribution in [3.05, 3.63) is 103 Å². The lowest BCUT2D eigenvalue weighted by molar-refractivity contribution is -0.137. The van der Waals surface area contributed by atoms with Crippen LogP contribution in [0, 0.1) is 0 Å². The fourth-order valence-corrected chi connectivity index (χ4v) is 5.11. The number of aromatic nitrogens is 1. The predicted molar refractivity (Wildman–Crippen MR) is 158 cm³/mol. The Labute approximate surface area is 241 Å². The summed E-state index contributed by atoms with van der Waals surface area (Å²) in [4.78, 5) is 41.9. The molecule has 0 radical (unpaired) electrons. The first-order valence-corrected chi connectivity index (χ1v) is 13.5. The van der Waals surface area contributed by atoms with E-state index in [1.54, 1.807) is 17.6 Å². The second-order valence-electron chi connectivity index (χ2n) is 9.21. The molecule has 0 atom stereocenters. The van der Waals surface area contributed by atoms with Gasteiger partial charge in [-0.25, -0.2) is 0 Å². The lowest BCUT2D eigenvalue weighted by atomic mass is 10.1. The minimum Gasteiger partial charge on any atom is -0.383 e. The predicted octanol–water partition coefficient (Wildman–Crippen LogP) is 5.58. The molecule has 5 aromatic rings. The van der Waals surface area contributed by atoms with Crippen LogP contribution in [0.4, 0.5) is 41.6 Å². The Morgan fingerprint density at radius 2 is 1.74 bits per heavy atom. The van der Waals surface area contributed by atoms with E-state index in [1.807, 2.05) is 30.3 Å². The molecule has 0 spiro atoms. The number of fused-ring (bicyclic) bond motifs is 1. The number of pyridine rings is 1. The summed E-state index contributed by atoms with van der Waals surface area (Å²) in [5.74, 6) is -0.617. The number of anilines is 5. The number of thiophene rings is 1. The quantitative estimate of drug-likeness (QED) is 0.115. The SMILES string of the molecule is COCCNc1c(Nc2cc(NC(=O)c3sccc3NCc3ccnc4ccccc34)cc(C(F)(F)F)c2)c(=O)c1=O. The molecular weight excluding hydrogens is 571 g/mol. The molecule has 216 valence electrons. The van der Waals surface area contributed by atoms with Gasteiger partial charge in [-0.2, -0.15) is 13.2 Å². The summed E-state index contributed by atoms with van der Waals surface area (Å²) in [6, 6.07) is 14.1. The molecule has 0 unspecified atom stereocenters. The van der Waals surface area contributed by atoms with Crippen molar-refractivity contribution >= 4 is 56.6 Å². The van der Waals surface area contributed by atoms with Crippen molar-refractivity contribution in [3.63, 3.8) is 0 Å². The zero-order valence-corrected chi connectivity index (χ0v) is 22.9. The van der Waals surface area contributed by atoms with Gasteiger partial charge < -0.3 is 26.0 Å². The van der Waals surface area contributed by atoms with Gasteiger partial charge in [-0.05, 0) is 47.3 Å². The van der Waals surface area contributed by atoms with Gasteiger partial charge in [-0.15, -0.1) is 11.3 Å². The summed E-state index contributed by atoms with van der Waals surface area (Å²) in [5, 5.41) is 13.8. The number of nitrogens with one attached hydrogen (secondary N) is 4. The average Bonchev–Trinajstić information content (AvgIpc) is 3.45. The molecule has 42 heavy (non-hydrogen) atoms. The topological polar surface area (TPSA) is 121 Å². The molecule has 0 bridgehead atoms. The molecule has 2 heterocycles. The molecule has 0 aliphatic rings. The summed E-state index contributed by atoms with van der Waals surface area (Å²) < 4.78 is 46.1. The zero-order valence-electron chi connectivity index (χ0n) is 22.1. The highest BCUT2D eigenvalue weighted by Gasteiger charge is 2.32. The molecule has 2 aromatic heterocycles. The van der Waals surface area contributed by atoms with Gasteiger partial charge in [0.1, 0.15) is 16.3 Å². The molecule has 5 rings (SSSR count). The van der Waals surface area contributed by atoms with E-state index < -0.39 is 28.5 Å². The molecule has 0 saturated heterocycles. The van der Waals surface area contributed by atoms with Crippen LogP contribution >= 0.6 is 11.3 Å². The number of halogens is 3. The third-order valence-electron chi connectivity index (χ3n) is 6.39. The fourth-order valence-electron chi connectivity index (χ4n) is 4.35. The van der Waals surface area contributed by atoms with Crippen molar-refractivity contribution in [1.82, 2.24) is 4.98 Å². The van der Waals surface area contributed by atoms with Gasteiger partial charge in [0.2, 0.25) is 0 Å². The number of alkyl halides is 3. The maximum absolute atomic E-state index is 13.7. The molecule has 0 aliphatic carbocycles. The summed E-state index contributed by atoms with van der Waals surface area (Å²) in [7, 11) is 1.46. The Kier molecular flexibility index (Phi) is 8.22. The lowest BCUT2D eigenvalue weighted by Gasteiger charge is -2.17. The minimum atomic E-state index is -4.74. The van der Waals surface area contributed by atoms with Gasteiger partial charge in [0.15, 0.2) is 0 Å². The van der Waals surface area contributed by atoms with Gasteiger partial charge in [0.05, 0.1) is 23.4 Å². The summed E-state index contributed by atoms with van der Waals surface area (Å²) in [6.07, 6.45) is -3.05. The second-order valence-corrected chi connectivity index (χ2v) is 10.1. The van der Waals surface area contributed by atoms with E-state index in [0.29, 0.717) is 12.2 Å². The Balaban J connectivity index is 1.36. The normalized spacial score (nSPS) is 11.5. The third-order valence-corrected chi connectivity index (χ3v) is 7.30. The molecule has 9 nitrogen and oxygen atoms in total. The number of ether oxygens (including phenoxy) is 1. The number of nitrogens with zero attached hydrogens (tertiary/aromatic N) is 1. The number of methoxy groups -OCH3 is 1. The van der Waals surface area contributed by atoms with Crippen molar-refractivity contribution in [2.75, 3.05) is 41.5 Å². The van der Waals surface area contributed by atoms with Crippen LogP contribution in [-0.2, 0) is 17.5 Å². The van der Waals surface area contributed by atoms with Crippen molar-refractivity contribution in [2.45, 2.75) is 12.7 Å². The molecular formula is C29H24F3N5O4S. The number of hydrogen-bond acceptors (Lipinski definition) is 9. The molecule has 0 saturated carbocycles. The van der Waals surface area contributed by atoms with Crippen LogP contribution in [0.5, 0.6) is 0 Å². The molecule has 13 heteroatoms. The van der Waals surface area contributed by atoms with Gasteiger partial charge in [0.25, 0.3) is 16.8 Å². The number of para-hydroxylation sites is 1. The van der Waals surface area contributed by atoms with E-state index in [1.165, 1.54) is 13.2 Å². The van der Waals surface area contributed by atoms with Crippen LogP contribution < -0.4 is 32.1 Å². The van der Waals surface area contributed by atoms with Crippen molar-refractivity contribution in [1.29, 1.82) is 0 Å². The van der Waals surface area contributed by atoms with Crippen molar-refractivity contribution in [3.8, 4) is 0 Å². The van der Waals surface area contributed by atoms with Gasteiger partial charge in [0, 0.05) is 43.2 Å². The Morgan fingerprint density at radius 3 is 2.52 bits per heavy atom. The highest BCUT2D eigenvalue weighted by Crippen LogP contribution is 2.35. The van der Waals surface area contributed by atoms with Crippen molar-refractivity contribution in [2.24, 2.45) is 0 Å². The maximum atomic E-state index is 13.7. The summed E-state index contributed by atoms with van der Waals surface area (Å²) >= 11 is 1.13. The fraction of sp³-hybridized carbons (Fsp3) is 0.172. The van der Waals surface area contributed by atoms with Gasteiger partial charge >= 0.3 is 6.18 Å². The molecule has 4 N–H and O–H groups in total. The lowest BCUT2D eigenvalue weighted by Crippen LogP contribution is -2.37. The number of carbonyl (C=O) groups is 1. The summed E-state index contributed by atoms with van der Waals surface area (Å²) in [6.45, 7) is 0.853. The van der Waals surface area contributed by atoms with Crippen LogP contribution in [0.3, 0.4) is 0 Å². The van der Waals surface area contributed by atoms with E-state index >= 15 is 0 Å². The summed E-state index contributed by atoms with van der Waals surface area (Å²) in [5.41, 5.74) is -0.890. The molecule has 0 aliphatic heterocycles. The highest BCUT2D eigenvalue weighted by molar-refractivity contribution is 7.12. The van der Waals surface area contributed by atoms with E-state index in [9.17, 15) is 27.6 Å². The average molecular weight is 596 g/mol. The Morgan fingerprint density at radius 1 is 0.976 bits per heavy atom. The van der Waals surface area contributed by atoms with Crippen LogP contribution in [-0.4, -0.2) is 31.2 Å². The smallest absolute Gasteiger partial charge is 0.383 e. The van der Waals surface area contributed by atoms with Crippen molar-refractivity contribution < 1.29 is 22.7 Å². The number of amides is 1. The minimum absolute atomic E-state index is 0.0451. The third kappa shape index (κ3) is 6.11. The monoisotopic (exact) mass is 595 g/mol. The molecule has 0 fully saturated rings. The second kappa shape index (κ2) is 12.0. The molecule has 3 aromatic carbocycles. The van der Waals surface area contributed by atoms with Gasteiger partial charge in [-0.1, -0.05) is 18.2 Å². The number of rotatable bonds is 11. The zero-order chi connectivity index (χ0) is 29.9. The largest absolute Gasteiger partial charge is 0.416 e.